The summed E-state index contributed by atoms with van der Waals surface area (Å²) < 4.78 is 29.3. The Labute approximate surface area is 209 Å². The number of aliphatic carboxylic acids is 1. The number of pyridine rings is 1. The number of amides is 1. The van der Waals surface area contributed by atoms with E-state index in [9.17, 15) is 23.1 Å². The van der Waals surface area contributed by atoms with E-state index in [-0.39, 0.29) is 40.5 Å². The highest BCUT2D eigenvalue weighted by Crippen LogP contribution is 2.24. The predicted molar refractivity (Wildman–Crippen MR) is 133 cm³/mol. The number of anilines is 1. The van der Waals surface area contributed by atoms with Crippen LogP contribution in [0.5, 0.6) is 0 Å². The molecule has 12 heteroatoms. The normalized spacial score (nSPS) is 12.9. The number of halogens is 2. The van der Waals surface area contributed by atoms with Gasteiger partial charge in [-0.25, -0.2) is 0 Å². The molecule has 0 saturated carbocycles. The molecule has 9 nitrogen and oxygen atoms in total. The number of carboxylic acid groups (broad SMARTS) is 1. The number of hydrogen-bond acceptors (Lipinski definition) is 5. The first kappa shape index (κ1) is 28.0. The summed E-state index contributed by atoms with van der Waals surface area (Å²) in [5, 5.41) is 12.5. The molecule has 2 rings (SSSR count). The monoisotopic (exact) mass is 530 g/mol. The summed E-state index contributed by atoms with van der Waals surface area (Å²) in [5.74, 6) is -1.75. The number of carboxylic acids is 1. The maximum Gasteiger partial charge on any atom is 0.322 e. The Balaban J connectivity index is 2.13. The zero-order valence-electron chi connectivity index (χ0n) is 19.2. The second-order valence-electron chi connectivity index (χ2n) is 8.40. The van der Waals surface area contributed by atoms with E-state index >= 15 is 0 Å². The third-order valence-electron chi connectivity index (χ3n) is 4.75. The molecule has 0 saturated heterocycles. The van der Waals surface area contributed by atoms with Gasteiger partial charge in [0, 0.05) is 30.7 Å². The summed E-state index contributed by atoms with van der Waals surface area (Å²) in [7, 11) is -4.03. The number of hydrogen-bond donors (Lipinski definition) is 3. The molecule has 0 aliphatic heterocycles. The molecule has 0 aliphatic rings. The molecule has 1 amide bonds. The Morgan fingerprint density at radius 3 is 2.09 bits per heavy atom. The second-order valence-corrected chi connectivity index (χ2v) is 10.9. The van der Waals surface area contributed by atoms with Gasteiger partial charge in [-0.2, -0.15) is 17.4 Å². The van der Waals surface area contributed by atoms with Crippen molar-refractivity contribution in [1.82, 2.24) is 14.0 Å². The molecule has 1 atom stereocenters. The Morgan fingerprint density at radius 2 is 1.62 bits per heavy atom. The van der Waals surface area contributed by atoms with Gasteiger partial charge in [-0.1, -0.05) is 49.2 Å². The van der Waals surface area contributed by atoms with E-state index < -0.39 is 28.1 Å². The molecule has 0 radical (unpaired) electrons. The van der Waals surface area contributed by atoms with Crippen molar-refractivity contribution >= 4 is 51.0 Å². The van der Waals surface area contributed by atoms with E-state index in [0.717, 1.165) is 0 Å². The van der Waals surface area contributed by atoms with Crippen molar-refractivity contribution in [2.45, 2.75) is 46.2 Å². The Kier molecular flexibility index (Phi) is 9.84. The topological polar surface area (TPSA) is 129 Å². The zero-order chi connectivity index (χ0) is 25.6. The average molecular weight is 531 g/mol. The number of nitrogens with one attached hydrogen (secondary N) is 2. The van der Waals surface area contributed by atoms with Crippen LogP contribution in [0.4, 0.5) is 5.69 Å². The Hall–Kier alpha value is -2.24. The van der Waals surface area contributed by atoms with Crippen LogP contribution in [0, 0.1) is 5.92 Å². The average Bonchev–Trinajstić information content (AvgIpc) is 2.72. The maximum atomic E-state index is 12.9. The first-order valence-corrected chi connectivity index (χ1v) is 12.7. The molecular weight excluding hydrogens is 503 g/mol. The fourth-order valence-corrected chi connectivity index (χ4v) is 5.42. The number of benzene rings is 1. The lowest BCUT2D eigenvalue weighted by atomic mass is 10.1. The van der Waals surface area contributed by atoms with Crippen molar-refractivity contribution in [2.75, 3.05) is 11.9 Å². The lowest BCUT2D eigenvalue weighted by Gasteiger charge is -2.29. The largest absolute Gasteiger partial charge is 0.480 e. The third kappa shape index (κ3) is 7.64. The fraction of sp³-hybridized carbons (Fsp3) is 0.409. The molecular formula is C22H28Cl2N4O5S. The van der Waals surface area contributed by atoms with Gasteiger partial charge >= 0.3 is 5.97 Å². The molecule has 0 bridgehead atoms. The second kappa shape index (κ2) is 11.9. The highest BCUT2D eigenvalue weighted by Gasteiger charge is 2.31. The van der Waals surface area contributed by atoms with Crippen molar-refractivity contribution in [1.29, 1.82) is 0 Å². The molecule has 34 heavy (non-hydrogen) atoms. The lowest BCUT2D eigenvalue weighted by molar-refractivity contribution is -0.138. The van der Waals surface area contributed by atoms with Crippen molar-refractivity contribution in [2.24, 2.45) is 5.92 Å². The van der Waals surface area contributed by atoms with Crippen molar-refractivity contribution < 1.29 is 23.1 Å². The molecule has 0 unspecified atom stereocenters. The molecule has 3 N–H and O–H groups in total. The highest BCUT2D eigenvalue weighted by molar-refractivity contribution is 7.87. The summed E-state index contributed by atoms with van der Waals surface area (Å²) in [6.07, 6.45) is 2.53. The van der Waals surface area contributed by atoms with Gasteiger partial charge in [0.25, 0.3) is 16.1 Å². The van der Waals surface area contributed by atoms with Crippen LogP contribution in [-0.2, 0) is 21.4 Å². The van der Waals surface area contributed by atoms with Crippen molar-refractivity contribution in [3.8, 4) is 0 Å². The van der Waals surface area contributed by atoms with Gasteiger partial charge in [-0.3, -0.25) is 14.6 Å². The highest BCUT2D eigenvalue weighted by atomic mass is 35.5. The molecule has 0 aliphatic carbocycles. The Bertz CT molecular complexity index is 1100. The van der Waals surface area contributed by atoms with E-state index in [1.54, 1.807) is 38.1 Å². The first-order valence-electron chi connectivity index (χ1n) is 10.5. The van der Waals surface area contributed by atoms with Crippen LogP contribution in [0.25, 0.3) is 0 Å². The van der Waals surface area contributed by atoms with Crippen molar-refractivity contribution in [3.63, 3.8) is 0 Å². The standard InChI is InChI=1S/C22H28Cl2N4O5S/c1-13(2)12-28(14(3)4)34(32,33)27-19(22(30)31)9-15-5-7-16(8-6-15)26-21(29)20-17(23)10-25-11-18(20)24/h5-8,10-11,13-14,19,27H,9,12H2,1-4H3,(H,26,29)(H,30,31)/t19-/m0/s1. The number of rotatable bonds is 11. The maximum absolute atomic E-state index is 12.9. The summed E-state index contributed by atoms with van der Waals surface area (Å²) in [4.78, 5) is 28.1. The van der Waals surface area contributed by atoms with Crippen LogP contribution >= 0.6 is 23.2 Å². The van der Waals surface area contributed by atoms with Crippen molar-refractivity contribution in [3.05, 3.63) is 57.8 Å². The minimum absolute atomic E-state index is 0.0712. The first-order chi connectivity index (χ1) is 15.8. The van der Waals surface area contributed by atoms with Crippen LogP contribution in [0.2, 0.25) is 10.0 Å². The van der Waals surface area contributed by atoms with E-state index in [1.165, 1.54) is 16.7 Å². The molecule has 1 aromatic heterocycles. The van der Waals surface area contributed by atoms with Crippen LogP contribution in [0.3, 0.4) is 0 Å². The lowest BCUT2D eigenvalue weighted by Crippen LogP contribution is -2.52. The minimum Gasteiger partial charge on any atom is -0.480 e. The van der Waals surface area contributed by atoms with Gasteiger partial charge in [0.2, 0.25) is 0 Å². The molecule has 0 fully saturated rings. The number of carbonyl (C=O) groups excluding carboxylic acids is 1. The van der Waals surface area contributed by atoms with Gasteiger partial charge < -0.3 is 10.4 Å². The number of carbonyl (C=O) groups is 2. The van der Waals surface area contributed by atoms with Crippen LogP contribution in [0.15, 0.2) is 36.7 Å². The van der Waals surface area contributed by atoms with E-state index in [2.05, 4.69) is 15.0 Å². The molecule has 0 spiro atoms. The third-order valence-corrected chi connectivity index (χ3v) is 7.09. The number of nitrogens with zero attached hydrogens (tertiary/aromatic N) is 2. The van der Waals surface area contributed by atoms with Gasteiger partial charge in [-0.05, 0) is 43.9 Å². The van der Waals surface area contributed by atoms with Gasteiger partial charge in [-0.15, -0.1) is 0 Å². The van der Waals surface area contributed by atoms with Gasteiger partial charge in [0.15, 0.2) is 0 Å². The molecule has 2 aromatic rings. The molecule has 1 aromatic carbocycles. The Morgan fingerprint density at radius 1 is 1.06 bits per heavy atom. The summed E-state index contributed by atoms with van der Waals surface area (Å²) in [6.45, 7) is 7.50. The SMILES string of the molecule is CC(C)CN(C(C)C)S(=O)(=O)N[C@@H](Cc1ccc(NC(=O)c2c(Cl)cncc2Cl)cc1)C(=O)O. The van der Waals surface area contributed by atoms with Crippen LogP contribution in [-0.4, -0.2) is 53.3 Å². The summed E-state index contributed by atoms with van der Waals surface area (Å²) >= 11 is 12.0. The smallest absolute Gasteiger partial charge is 0.322 e. The van der Waals surface area contributed by atoms with E-state index in [4.69, 9.17) is 23.2 Å². The summed E-state index contributed by atoms with van der Waals surface area (Å²) in [6, 6.07) is 4.65. The van der Waals surface area contributed by atoms with Crippen LogP contribution < -0.4 is 10.0 Å². The van der Waals surface area contributed by atoms with Crippen LogP contribution in [0.1, 0.15) is 43.6 Å². The molecule has 1 heterocycles. The summed E-state index contributed by atoms with van der Waals surface area (Å²) in [5.41, 5.74) is 1.07. The van der Waals surface area contributed by atoms with Gasteiger partial charge in [0.05, 0.1) is 15.6 Å². The predicted octanol–water partition coefficient (Wildman–Crippen LogP) is 3.84. The number of aromatic nitrogens is 1. The van der Waals surface area contributed by atoms with E-state index in [0.29, 0.717) is 11.3 Å². The van der Waals surface area contributed by atoms with Gasteiger partial charge in [0.1, 0.15) is 6.04 Å². The zero-order valence-corrected chi connectivity index (χ0v) is 21.6. The minimum atomic E-state index is -4.03. The molecule has 186 valence electrons. The quantitative estimate of drug-likeness (QED) is 0.404. The van der Waals surface area contributed by atoms with E-state index in [1.807, 2.05) is 13.8 Å². The fourth-order valence-electron chi connectivity index (χ4n) is 3.15.